The molecule has 3 atom stereocenters. The number of benzene rings is 2. The fraction of sp³-hybridized carbons (Fsp3) is 0.367. The van der Waals surface area contributed by atoms with E-state index in [1.165, 1.54) is 12.2 Å². The lowest BCUT2D eigenvalue weighted by Crippen LogP contribution is -2.55. The van der Waals surface area contributed by atoms with Gasteiger partial charge in [0.2, 0.25) is 17.7 Å². The molecule has 0 heterocycles. The van der Waals surface area contributed by atoms with Gasteiger partial charge in [-0.3, -0.25) is 14.4 Å². The van der Waals surface area contributed by atoms with Gasteiger partial charge in [0.25, 0.3) is 0 Å². The molecule has 0 radical (unpaired) electrons. The van der Waals surface area contributed by atoms with Crippen molar-refractivity contribution in [1.82, 2.24) is 16.0 Å². The largest absolute Gasteiger partial charge is 0.445 e. The minimum atomic E-state index is -1.00. The maximum Gasteiger partial charge on any atom is 0.408 e. The number of nitrogens with one attached hydrogen (secondary N) is 3. The van der Waals surface area contributed by atoms with Crippen molar-refractivity contribution in [2.75, 3.05) is 0 Å². The lowest BCUT2D eigenvalue weighted by atomic mass is 10.0. The van der Waals surface area contributed by atoms with E-state index in [1.54, 1.807) is 0 Å². The zero-order chi connectivity index (χ0) is 29.3. The molecule has 0 aliphatic rings. The Morgan fingerprint density at radius 2 is 1.50 bits per heavy atom. The number of carbonyl (C=O) groups excluding carboxylic acids is 4. The van der Waals surface area contributed by atoms with Gasteiger partial charge in [0, 0.05) is 25.0 Å². The Morgan fingerprint density at radius 1 is 0.900 bits per heavy atom. The third-order valence-corrected chi connectivity index (χ3v) is 5.88. The van der Waals surface area contributed by atoms with Crippen LogP contribution in [-0.4, -0.2) is 41.9 Å². The van der Waals surface area contributed by atoms with Crippen molar-refractivity contribution in [2.24, 2.45) is 11.7 Å². The molecule has 0 aliphatic carbocycles. The standard InChI is InChI=1S/C30H37N5O5/c1-21(2)18-25(35-30(39)40-20-23-12-7-4-8-13-23)29(38)34-26(19-22-10-5-3-6-11-22)28(37)33-24(14-9-17-31)15-16-27(32)36/h3-14,21,24-26H,15-16,18-20H2,1-2H3,(H2,32,36)(H,33,37)(H,34,38)(H,35,39)/b14-9+/t24-,25+,26+/m1/s1. The summed E-state index contributed by atoms with van der Waals surface area (Å²) in [7, 11) is 0. The first-order valence-corrected chi connectivity index (χ1v) is 13.1. The first kappa shape index (κ1) is 31.6. The fourth-order valence-electron chi connectivity index (χ4n) is 3.90. The average molecular weight is 548 g/mol. The summed E-state index contributed by atoms with van der Waals surface area (Å²) in [6.07, 6.45) is 2.61. The van der Waals surface area contributed by atoms with Gasteiger partial charge in [-0.25, -0.2) is 4.79 Å². The Labute approximate surface area is 235 Å². The number of carbonyl (C=O) groups is 4. The van der Waals surface area contributed by atoms with E-state index in [-0.39, 0.29) is 31.8 Å². The second kappa shape index (κ2) is 17.0. The molecule has 0 fully saturated rings. The van der Waals surface area contributed by atoms with E-state index in [0.717, 1.165) is 11.1 Å². The minimum Gasteiger partial charge on any atom is -0.445 e. The second-order valence-corrected chi connectivity index (χ2v) is 9.75. The molecule has 2 aromatic rings. The first-order valence-electron chi connectivity index (χ1n) is 13.1. The van der Waals surface area contributed by atoms with E-state index in [2.05, 4.69) is 16.0 Å². The molecular weight excluding hydrogens is 510 g/mol. The third-order valence-electron chi connectivity index (χ3n) is 5.88. The number of hydrogen-bond donors (Lipinski definition) is 4. The van der Waals surface area contributed by atoms with E-state index in [9.17, 15) is 19.2 Å². The Kier molecular flexibility index (Phi) is 13.4. The molecule has 0 unspecified atom stereocenters. The lowest BCUT2D eigenvalue weighted by molar-refractivity contribution is -0.130. The smallest absolute Gasteiger partial charge is 0.408 e. The van der Waals surface area contributed by atoms with Gasteiger partial charge in [0.05, 0.1) is 6.07 Å². The van der Waals surface area contributed by atoms with E-state index >= 15 is 0 Å². The first-order chi connectivity index (χ1) is 19.2. The molecule has 2 rings (SSSR count). The molecule has 212 valence electrons. The molecule has 10 nitrogen and oxygen atoms in total. The average Bonchev–Trinajstić information content (AvgIpc) is 2.93. The zero-order valence-corrected chi connectivity index (χ0v) is 22.8. The summed E-state index contributed by atoms with van der Waals surface area (Å²) in [5.74, 6) is -1.53. The van der Waals surface area contributed by atoms with Crippen LogP contribution in [0.4, 0.5) is 4.79 Å². The Bertz CT molecular complexity index is 1180. The van der Waals surface area contributed by atoms with Crippen LogP contribution in [0.1, 0.15) is 44.2 Å². The van der Waals surface area contributed by atoms with Gasteiger partial charge in [-0.05, 0) is 29.9 Å². The normalized spacial score (nSPS) is 13.1. The molecule has 0 aromatic heterocycles. The Balaban J connectivity index is 2.17. The molecule has 10 heteroatoms. The molecule has 0 bridgehead atoms. The molecule has 40 heavy (non-hydrogen) atoms. The zero-order valence-electron chi connectivity index (χ0n) is 22.8. The van der Waals surface area contributed by atoms with Gasteiger partial charge in [-0.15, -0.1) is 0 Å². The number of nitriles is 1. The summed E-state index contributed by atoms with van der Waals surface area (Å²) in [4.78, 5) is 50.6. The summed E-state index contributed by atoms with van der Waals surface area (Å²) in [5.41, 5.74) is 6.86. The van der Waals surface area contributed by atoms with E-state index in [4.69, 9.17) is 15.7 Å². The number of alkyl carbamates (subject to hydrolysis) is 1. The maximum atomic E-state index is 13.4. The quantitative estimate of drug-likeness (QED) is 0.251. The summed E-state index contributed by atoms with van der Waals surface area (Å²) < 4.78 is 5.29. The summed E-state index contributed by atoms with van der Waals surface area (Å²) >= 11 is 0. The van der Waals surface area contributed by atoms with Crippen molar-refractivity contribution < 1.29 is 23.9 Å². The van der Waals surface area contributed by atoms with E-state index < -0.39 is 41.9 Å². The maximum absolute atomic E-state index is 13.4. The van der Waals surface area contributed by atoms with Gasteiger partial charge < -0.3 is 26.4 Å². The number of amides is 4. The van der Waals surface area contributed by atoms with Crippen LogP contribution in [-0.2, 0) is 32.1 Å². The molecule has 5 N–H and O–H groups in total. The van der Waals surface area contributed by atoms with Crippen LogP contribution in [0.25, 0.3) is 0 Å². The number of nitrogens with zero attached hydrogens (tertiary/aromatic N) is 1. The van der Waals surface area contributed by atoms with Crippen LogP contribution in [0.5, 0.6) is 0 Å². The molecule has 0 saturated carbocycles. The molecule has 0 saturated heterocycles. The predicted octanol–water partition coefficient (Wildman–Crippen LogP) is 2.89. The summed E-state index contributed by atoms with van der Waals surface area (Å²) in [5, 5.41) is 17.1. The molecule has 0 spiro atoms. The van der Waals surface area contributed by atoms with Crippen molar-refractivity contribution in [3.05, 3.63) is 83.9 Å². The van der Waals surface area contributed by atoms with Crippen LogP contribution in [0.15, 0.2) is 72.8 Å². The number of rotatable bonds is 15. The fourth-order valence-corrected chi connectivity index (χ4v) is 3.90. The highest BCUT2D eigenvalue weighted by molar-refractivity contribution is 5.91. The van der Waals surface area contributed by atoms with Gasteiger partial charge in [-0.1, -0.05) is 80.6 Å². The SMILES string of the molecule is CC(C)C[C@H](NC(=O)OCc1ccccc1)C(=O)N[C@@H](Cc1ccccc1)C(=O)N[C@H](/C=C/C#N)CCC(N)=O. The third kappa shape index (κ3) is 12.3. The predicted molar refractivity (Wildman–Crippen MR) is 150 cm³/mol. The van der Waals surface area contributed by atoms with Crippen LogP contribution in [0.3, 0.4) is 0 Å². The highest BCUT2D eigenvalue weighted by Gasteiger charge is 2.29. The Hall–Kier alpha value is -4.65. The number of primary amides is 1. The van der Waals surface area contributed by atoms with Gasteiger partial charge in [0.15, 0.2) is 0 Å². The second-order valence-electron chi connectivity index (χ2n) is 9.75. The van der Waals surface area contributed by atoms with Gasteiger partial charge in [-0.2, -0.15) is 5.26 Å². The van der Waals surface area contributed by atoms with E-state index in [0.29, 0.717) is 6.42 Å². The lowest BCUT2D eigenvalue weighted by Gasteiger charge is -2.25. The molecular formula is C30H37N5O5. The van der Waals surface area contributed by atoms with Crippen LogP contribution < -0.4 is 21.7 Å². The number of ether oxygens (including phenoxy) is 1. The monoisotopic (exact) mass is 547 g/mol. The van der Waals surface area contributed by atoms with Gasteiger partial charge >= 0.3 is 6.09 Å². The number of hydrogen-bond acceptors (Lipinski definition) is 6. The molecule has 4 amide bonds. The Morgan fingerprint density at radius 3 is 2.08 bits per heavy atom. The van der Waals surface area contributed by atoms with Crippen molar-refractivity contribution in [3.8, 4) is 6.07 Å². The highest BCUT2D eigenvalue weighted by Crippen LogP contribution is 2.10. The summed E-state index contributed by atoms with van der Waals surface area (Å²) in [6.45, 7) is 3.87. The van der Waals surface area contributed by atoms with E-state index in [1.807, 2.05) is 80.6 Å². The van der Waals surface area contributed by atoms with Crippen molar-refractivity contribution in [2.45, 2.75) is 64.3 Å². The topological polar surface area (TPSA) is 163 Å². The highest BCUT2D eigenvalue weighted by atomic mass is 16.5. The van der Waals surface area contributed by atoms with Crippen LogP contribution in [0, 0.1) is 17.2 Å². The van der Waals surface area contributed by atoms with Crippen molar-refractivity contribution >= 4 is 23.8 Å². The number of nitrogens with two attached hydrogens (primary N) is 1. The molecule has 2 aromatic carbocycles. The van der Waals surface area contributed by atoms with Crippen molar-refractivity contribution in [3.63, 3.8) is 0 Å². The van der Waals surface area contributed by atoms with Crippen molar-refractivity contribution in [1.29, 1.82) is 5.26 Å². The summed E-state index contributed by atoms with van der Waals surface area (Å²) in [6, 6.07) is 17.6. The van der Waals surface area contributed by atoms with Crippen LogP contribution in [0.2, 0.25) is 0 Å². The molecule has 0 aliphatic heterocycles. The number of allylic oxidation sites excluding steroid dienone is 1. The van der Waals surface area contributed by atoms with Crippen LogP contribution >= 0.6 is 0 Å². The van der Waals surface area contributed by atoms with Gasteiger partial charge in [0.1, 0.15) is 18.7 Å². The minimum absolute atomic E-state index is 0.00189.